The average molecular weight is 334 g/mol. The second-order valence-corrected chi connectivity index (χ2v) is 8.36. The zero-order valence-corrected chi connectivity index (χ0v) is 16.3. The van der Waals surface area contributed by atoms with E-state index in [1.807, 2.05) is 44.2 Å². The Morgan fingerprint density at radius 1 is 1.08 bits per heavy atom. The van der Waals surface area contributed by atoms with Crippen LogP contribution in [0.1, 0.15) is 66.4 Å². The van der Waals surface area contributed by atoms with Crippen molar-refractivity contribution in [1.29, 1.82) is 0 Å². The van der Waals surface area contributed by atoms with E-state index in [4.69, 9.17) is 4.74 Å². The van der Waals surface area contributed by atoms with Crippen molar-refractivity contribution in [2.45, 2.75) is 73.0 Å². The molecule has 0 aliphatic heterocycles. The maximum atomic E-state index is 12.5. The Bertz CT molecular complexity index is 488. The summed E-state index contributed by atoms with van der Waals surface area (Å²) < 4.78 is 5.53. The van der Waals surface area contributed by atoms with E-state index in [9.17, 15) is 4.79 Å². The molecule has 0 saturated carbocycles. The van der Waals surface area contributed by atoms with E-state index < -0.39 is 5.41 Å². The van der Waals surface area contributed by atoms with E-state index in [1.54, 1.807) is 0 Å². The van der Waals surface area contributed by atoms with Crippen LogP contribution in [0.4, 0.5) is 0 Å². The molecule has 0 saturated heterocycles. The van der Waals surface area contributed by atoms with Gasteiger partial charge in [0.05, 0.1) is 5.41 Å². The zero-order chi connectivity index (χ0) is 18.2. The molecule has 0 aromatic heterocycles. The van der Waals surface area contributed by atoms with Gasteiger partial charge in [-0.05, 0) is 65.5 Å². The van der Waals surface area contributed by atoms with Gasteiger partial charge in [-0.3, -0.25) is 4.79 Å². The van der Waals surface area contributed by atoms with Gasteiger partial charge in [-0.1, -0.05) is 43.7 Å². The molecule has 0 fully saturated rings. The molecule has 136 valence electrons. The topological polar surface area (TPSA) is 38.3 Å². The predicted octanol–water partition coefficient (Wildman–Crippen LogP) is 4.95. The Balaban J connectivity index is 2.35. The quantitative estimate of drug-likeness (QED) is 0.513. The third-order valence-electron chi connectivity index (χ3n) is 4.69. The molecule has 24 heavy (non-hydrogen) atoms. The zero-order valence-electron chi connectivity index (χ0n) is 16.3. The maximum absolute atomic E-state index is 12.5. The lowest BCUT2D eigenvalue weighted by Crippen LogP contribution is -2.36. The number of carbonyl (C=O) groups excluding carboxylic acids is 1. The number of rotatable bonds is 9. The van der Waals surface area contributed by atoms with Gasteiger partial charge >= 0.3 is 5.97 Å². The molecule has 0 amide bonds. The molecule has 0 bridgehead atoms. The largest absolute Gasteiger partial charge is 0.460 e. The minimum absolute atomic E-state index is 0.105. The highest BCUT2D eigenvalue weighted by Crippen LogP contribution is 2.32. The van der Waals surface area contributed by atoms with Crippen LogP contribution in [0.25, 0.3) is 0 Å². The van der Waals surface area contributed by atoms with Crippen molar-refractivity contribution in [3.63, 3.8) is 0 Å². The van der Waals surface area contributed by atoms with E-state index in [2.05, 4.69) is 33.0 Å². The number of unbranched alkanes of at least 4 members (excludes halogenated alkanes) is 1. The van der Waals surface area contributed by atoms with Crippen LogP contribution in [-0.2, 0) is 16.1 Å². The minimum atomic E-state index is -0.452. The van der Waals surface area contributed by atoms with Gasteiger partial charge < -0.3 is 10.1 Å². The van der Waals surface area contributed by atoms with Crippen LogP contribution in [0.5, 0.6) is 0 Å². The second-order valence-electron chi connectivity index (χ2n) is 8.36. The molecule has 1 aromatic rings. The highest BCUT2D eigenvalue weighted by atomic mass is 16.5. The van der Waals surface area contributed by atoms with Gasteiger partial charge in [0.2, 0.25) is 0 Å². The first kappa shape index (κ1) is 20.7. The highest BCUT2D eigenvalue weighted by molar-refractivity contribution is 5.76. The van der Waals surface area contributed by atoms with Crippen LogP contribution < -0.4 is 5.32 Å². The summed E-state index contributed by atoms with van der Waals surface area (Å²) >= 11 is 0. The van der Waals surface area contributed by atoms with Crippen molar-refractivity contribution in [3.05, 3.63) is 35.9 Å². The molecule has 3 heteroatoms. The Labute approximate surface area is 148 Å². The summed E-state index contributed by atoms with van der Waals surface area (Å²) in [5.41, 5.74) is 0.751. The highest BCUT2D eigenvalue weighted by Gasteiger charge is 2.35. The van der Waals surface area contributed by atoms with Gasteiger partial charge in [0.25, 0.3) is 0 Å². The second kappa shape index (κ2) is 9.22. The van der Waals surface area contributed by atoms with Gasteiger partial charge in [-0.25, -0.2) is 0 Å². The number of nitrogens with one attached hydrogen (secondary N) is 1. The molecular formula is C21H35NO2. The summed E-state index contributed by atoms with van der Waals surface area (Å²) in [6.45, 7) is 14.1. The minimum Gasteiger partial charge on any atom is -0.460 e. The summed E-state index contributed by atoms with van der Waals surface area (Å²) in [6, 6.07) is 9.84. The fraction of sp³-hybridized carbons (Fsp3) is 0.667. The number of carbonyl (C=O) groups is 1. The standard InChI is InChI=1S/C21H35NO2/c1-17(12-10-11-15-22-20(2,3)4)21(5,6)19(23)24-16-18-13-8-7-9-14-18/h7-9,13-14,17,22H,10-12,15-16H2,1-6H3/t17-/m0/s1. The van der Waals surface area contributed by atoms with Crippen LogP contribution in [0.2, 0.25) is 0 Å². The lowest BCUT2D eigenvalue weighted by molar-refractivity contribution is -0.158. The fourth-order valence-electron chi connectivity index (χ4n) is 2.51. The lowest BCUT2D eigenvalue weighted by atomic mass is 9.77. The van der Waals surface area contributed by atoms with Gasteiger partial charge in [0.1, 0.15) is 6.61 Å². The fourth-order valence-corrected chi connectivity index (χ4v) is 2.51. The summed E-state index contributed by atoms with van der Waals surface area (Å²) in [7, 11) is 0. The van der Waals surface area contributed by atoms with E-state index >= 15 is 0 Å². The van der Waals surface area contributed by atoms with Crippen molar-refractivity contribution in [3.8, 4) is 0 Å². The van der Waals surface area contributed by atoms with Gasteiger partial charge in [-0.15, -0.1) is 0 Å². The summed E-state index contributed by atoms with van der Waals surface area (Å²) in [6.07, 6.45) is 3.30. The summed E-state index contributed by atoms with van der Waals surface area (Å²) in [5.74, 6) is 0.196. The molecule has 0 radical (unpaired) electrons. The van der Waals surface area contributed by atoms with Crippen LogP contribution in [-0.4, -0.2) is 18.1 Å². The van der Waals surface area contributed by atoms with Gasteiger partial charge in [0, 0.05) is 5.54 Å². The molecule has 0 heterocycles. The first-order valence-corrected chi connectivity index (χ1v) is 9.09. The molecule has 1 atom stereocenters. The number of benzene rings is 1. The van der Waals surface area contributed by atoms with Crippen molar-refractivity contribution in [2.24, 2.45) is 11.3 Å². The SMILES string of the molecule is C[C@@H](CCCCNC(C)(C)C)C(C)(C)C(=O)OCc1ccccc1. The van der Waals surface area contributed by atoms with Crippen LogP contribution in [0.15, 0.2) is 30.3 Å². The number of hydrogen-bond donors (Lipinski definition) is 1. The van der Waals surface area contributed by atoms with Gasteiger partial charge in [0.15, 0.2) is 0 Å². The van der Waals surface area contributed by atoms with Crippen LogP contribution in [0, 0.1) is 11.3 Å². The Kier molecular flexibility index (Phi) is 7.95. The summed E-state index contributed by atoms with van der Waals surface area (Å²) in [5, 5.41) is 3.50. The average Bonchev–Trinajstić information content (AvgIpc) is 2.51. The summed E-state index contributed by atoms with van der Waals surface area (Å²) in [4.78, 5) is 12.5. The smallest absolute Gasteiger partial charge is 0.312 e. The Hall–Kier alpha value is -1.35. The number of esters is 1. The lowest BCUT2D eigenvalue weighted by Gasteiger charge is -2.29. The van der Waals surface area contributed by atoms with E-state index in [0.29, 0.717) is 12.5 Å². The molecule has 3 nitrogen and oxygen atoms in total. The van der Waals surface area contributed by atoms with Crippen molar-refractivity contribution in [1.82, 2.24) is 5.32 Å². The third-order valence-corrected chi connectivity index (χ3v) is 4.69. The van der Waals surface area contributed by atoms with Crippen molar-refractivity contribution < 1.29 is 9.53 Å². The molecule has 1 N–H and O–H groups in total. The predicted molar refractivity (Wildman–Crippen MR) is 101 cm³/mol. The molecule has 1 aromatic carbocycles. The Morgan fingerprint density at radius 2 is 1.71 bits per heavy atom. The molecular weight excluding hydrogens is 298 g/mol. The van der Waals surface area contributed by atoms with Crippen LogP contribution >= 0.6 is 0 Å². The van der Waals surface area contributed by atoms with Crippen LogP contribution in [0.3, 0.4) is 0 Å². The van der Waals surface area contributed by atoms with Crippen molar-refractivity contribution in [2.75, 3.05) is 6.54 Å². The van der Waals surface area contributed by atoms with Gasteiger partial charge in [-0.2, -0.15) is 0 Å². The first-order chi connectivity index (χ1) is 11.1. The molecule has 0 unspecified atom stereocenters. The molecule has 0 spiro atoms. The monoisotopic (exact) mass is 333 g/mol. The third kappa shape index (κ3) is 7.48. The molecule has 0 aliphatic carbocycles. The number of hydrogen-bond acceptors (Lipinski definition) is 3. The Morgan fingerprint density at radius 3 is 2.29 bits per heavy atom. The first-order valence-electron chi connectivity index (χ1n) is 9.09. The molecule has 1 rings (SSSR count). The number of ether oxygens (including phenoxy) is 1. The van der Waals surface area contributed by atoms with E-state index in [1.165, 1.54) is 0 Å². The van der Waals surface area contributed by atoms with Crippen molar-refractivity contribution >= 4 is 5.97 Å². The van der Waals surface area contributed by atoms with E-state index in [0.717, 1.165) is 31.4 Å². The normalized spacial score (nSPS) is 13.6. The van der Waals surface area contributed by atoms with E-state index in [-0.39, 0.29) is 11.5 Å². The maximum Gasteiger partial charge on any atom is 0.312 e. The molecule has 0 aliphatic rings.